The number of benzene rings is 2. The summed E-state index contributed by atoms with van der Waals surface area (Å²) >= 11 is 1.75. The standard InChI is InChI=1S/C19H22N2OS/c1-21(2)13-7-12-20-19(22)18-14-8-3-5-10-16(14)23-17-11-6-4-9-15(17)18/h3-6,8-11,18H,7,12-13H2,1-2H3,(H,20,22). The van der Waals surface area contributed by atoms with Gasteiger partial charge in [0, 0.05) is 16.3 Å². The molecule has 0 aromatic heterocycles. The molecule has 0 unspecified atom stereocenters. The molecule has 4 heteroatoms. The summed E-state index contributed by atoms with van der Waals surface area (Å²) in [4.78, 5) is 17.3. The van der Waals surface area contributed by atoms with Gasteiger partial charge in [-0.15, -0.1) is 0 Å². The number of carbonyl (C=O) groups excluding carboxylic acids is 1. The first-order valence-electron chi connectivity index (χ1n) is 7.95. The third-order valence-corrected chi connectivity index (χ3v) is 5.21. The van der Waals surface area contributed by atoms with Gasteiger partial charge in [0.05, 0.1) is 5.92 Å². The van der Waals surface area contributed by atoms with Gasteiger partial charge < -0.3 is 10.2 Å². The van der Waals surface area contributed by atoms with Gasteiger partial charge in [-0.2, -0.15) is 0 Å². The van der Waals surface area contributed by atoms with E-state index in [1.807, 2.05) is 38.4 Å². The highest BCUT2D eigenvalue weighted by Crippen LogP contribution is 2.45. The van der Waals surface area contributed by atoms with Crippen molar-refractivity contribution in [3.63, 3.8) is 0 Å². The van der Waals surface area contributed by atoms with Gasteiger partial charge in [0.1, 0.15) is 0 Å². The number of rotatable bonds is 5. The number of amides is 1. The van der Waals surface area contributed by atoms with Crippen molar-refractivity contribution in [3.05, 3.63) is 59.7 Å². The topological polar surface area (TPSA) is 32.3 Å². The maximum absolute atomic E-state index is 12.8. The van der Waals surface area contributed by atoms with Gasteiger partial charge in [-0.1, -0.05) is 48.2 Å². The molecule has 0 bridgehead atoms. The van der Waals surface area contributed by atoms with E-state index in [2.05, 4.69) is 34.5 Å². The molecule has 0 aliphatic carbocycles. The second-order valence-corrected chi connectivity index (χ2v) is 7.14. The highest BCUT2D eigenvalue weighted by atomic mass is 32.2. The SMILES string of the molecule is CN(C)CCCNC(=O)C1c2ccccc2Sc2ccccc21. The van der Waals surface area contributed by atoms with E-state index in [-0.39, 0.29) is 11.8 Å². The Morgan fingerprint density at radius 3 is 2.17 bits per heavy atom. The van der Waals surface area contributed by atoms with Gasteiger partial charge in [0.25, 0.3) is 0 Å². The molecule has 1 N–H and O–H groups in total. The lowest BCUT2D eigenvalue weighted by molar-refractivity contribution is -0.121. The zero-order valence-electron chi connectivity index (χ0n) is 13.6. The monoisotopic (exact) mass is 326 g/mol. The van der Waals surface area contributed by atoms with Gasteiger partial charge in [-0.05, 0) is 50.3 Å². The zero-order valence-corrected chi connectivity index (χ0v) is 14.4. The molecule has 23 heavy (non-hydrogen) atoms. The molecule has 0 saturated carbocycles. The lowest BCUT2D eigenvalue weighted by atomic mass is 9.90. The van der Waals surface area contributed by atoms with Crippen molar-refractivity contribution >= 4 is 17.7 Å². The summed E-state index contributed by atoms with van der Waals surface area (Å²) in [5.41, 5.74) is 2.22. The molecular formula is C19H22N2OS. The first kappa shape index (κ1) is 16.1. The van der Waals surface area contributed by atoms with Crippen molar-refractivity contribution in [2.24, 2.45) is 0 Å². The van der Waals surface area contributed by atoms with Crippen molar-refractivity contribution < 1.29 is 4.79 Å². The normalized spacial score (nSPS) is 13.5. The molecule has 0 atom stereocenters. The Balaban J connectivity index is 1.82. The predicted octanol–water partition coefficient (Wildman–Crippen LogP) is 3.35. The van der Waals surface area contributed by atoms with Crippen molar-refractivity contribution in [2.75, 3.05) is 27.2 Å². The van der Waals surface area contributed by atoms with Crippen LogP contribution in [-0.2, 0) is 4.79 Å². The lowest BCUT2D eigenvalue weighted by Gasteiger charge is -2.27. The molecule has 1 aliphatic rings. The number of hydrogen-bond donors (Lipinski definition) is 1. The van der Waals surface area contributed by atoms with Gasteiger partial charge in [0.2, 0.25) is 5.91 Å². The van der Waals surface area contributed by atoms with E-state index < -0.39 is 0 Å². The number of carbonyl (C=O) groups is 1. The van der Waals surface area contributed by atoms with E-state index in [1.54, 1.807) is 11.8 Å². The van der Waals surface area contributed by atoms with Crippen LogP contribution in [0, 0.1) is 0 Å². The Kier molecular flexibility index (Phi) is 5.03. The molecule has 1 heterocycles. The van der Waals surface area contributed by atoms with E-state index in [0.717, 1.165) is 24.1 Å². The fourth-order valence-corrected chi connectivity index (χ4v) is 4.04. The maximum atomic E-state index is 12.8. The second kappa shape index (κ2) is 7.20. The predicted molar refractivity (Wildman–Crippen MR) is 95.0 cm³/mol. The van der Waals surface area contributed by atoms with E-state index in [1.165, 1.54) is 9.79 Å². The van der Waals surface area contributed by atoms with Crippen LogP contribution in [0.2, 0.25) is 0 Å². The van der Waals surface area contributed by atoms with Crippen molar-refractivity contribution in [1.82, 2.24) is 10.2 Å². The van der Waals surface area contributed by atoms with Crippen molar-refractivity contribution in [2.45, 2.75) is 22.1 Å². The molecule has 0 saturated heterocycles. The van der Waals surface area contributed by atoms with E-state index in [0.29, 0.717) is 6.54 Å². The quantitative estimate of drug-likeness (QED) is 0.855. The molecule has 0 spiro atoms. The Morgan fingerprint density at radius 2 is 1.61 bits per heavy atom. The van der Waals surface area contributed by atoms with Crippen LogP contribution in [0.25, 0.3) is 0 Å². The second-order valence-electron chi connectivity index (χ2n) is 6.06. The molecule has 0 fully saturated rings. The largest absolute Gasteiger partial charge is 0.355 e. The summed E-state index contributed by atoms with van der Waals surface area (Å²) in [7, 11) is 4.10. The van der Waals surface area contributed by atoms with Gasteiger partial charge in [-0.3, -0.25) is 4.79 Å². The summed E-state index contributed by atoms with van der Waals surface area (Å²) in [5.74, 6) is -0.105. The molecular weight excluding hydrogens is 304 g/mol. The minimum Gasteiger partial charge on any atom is -0.355 e. The summed E-state index contributed by atoms with van der Waals surface area (Å²) in [5, 5.41) is 3.11. The molecule has 3 nitrogen and oxygen atoms in total. The third kappa shape index (κ3) is 3.59. The Morgan fingerprint density at radius 1 is 1.04 bits per heavy atom. The summed E-state index contributed by atoms with van der Waals surface area (Å²) < 4.78 is 0. The first-order chi connectivity index (χ1) is 11.2. The molecule has 0 radical (unpaired) electrons. The van der Waals surface area contributed by atoms with Crippen molar-refractivity contribution in [3.8, 4) is 0 Å². The van der Waals surface area contributed by atoms with E-state index in [9.17, 15) is 4.79 Å². The maximum Gasteiger partial charge on any atom is 0.232 e. The molecule has 2 aromatic carbocycles. The molecule has 2 aromatic rings. The average Bonchev–Trinajstić information content (AvgIpc) is 2.56. The van der Waals surface area contributed by atoms with E-state index >= 15 is 0 Å². The smallest absolute Gasteiger partial charge is 0.232 e. The van der Waals surface area contributed by atoms with Crippen LogP contribution in [0.15, 0.2) is 58.3 Å². The van der Waals surface area contributed by atoms with Crippen LogP contribution in [0.3, 0.4) is 0 Å². The molecule has 1 amide bonds. The minimum absolute atomic E-state index is 0.101. The van der Waals surface area contributed by atoms with Crippen LogP contribution in [0.5, 0.6) is 0 Å². The number of nitrogens with zero attached hydrogens (tertiary/aromatic N) is 1. The Hall–Kier alpha value is -1.78. The van der Waals surface area contributed by atoms with Crippen LogP contribution in [-0.4, -0.2) is 38.0 Å². The fourth-order valence-electron chi connectivity index (χ4n) is 2.90. The average molecular weight is 326 g/mol. The first-order valence-corrected chi connectivity index (χ1v) is 8.76. The van der Waals surface area contributed by atoms with Gasteiger partial charge >= 0.3 is 0 Å². The number of hydrogen-bond acceptors (Lipinski definition) is 3. The molecule has 3 rings (SSSR count). The number of fused-ring (bicyclic) bond motifs is 2. The van der Waals surface area contributed by atoms with Crippen LogP contribution in [0.1, 0.15) is 23.5 Å². The summed E-state index contributed by atoms with van der Waals surface area (Å²) in [6.45, 7) is 1.69. The lowest BCUT2D eigenvalue weighted by Crippen LogP contribution is -2.33. The highest BCUT2D eigenvalue weighted by Gasteiger charge is 2.30. The van der Waals surface area contributed by atoms with Crippen LogP contribution in [0.4, 0.5) is 0 Å². The van der Waals surface area contributed by atoms with Crippen LogP contribution >= 0.6 is 11.8 Å². The van der Waals surface area contributed by atoms with Gasteiger partial charge in [0.15, 0.2) is 0 Å². The van der Waals surface area contributed by atoms with Crippen molar-refractivity contribution in [1.29, 1.82) is 0 Å². The highest BCUT2D eigenvalue weighted by molar-refractivity contribution is 7.99. The van der Waals surface area contributed by atoms with E-state index in [4.69, 9.17) is 0 Å². The van der Waals surface area contributed by atoms with Crippen LogP contribution < -0.4 is 5.32 Å². The zero-order chi connectivity index (χ0) is 16.2. The van der Waals surface area contributed by atoms with Gasteiger partial charge in [-0.25, -0.2) is 0 Å². The molecule has 1 aliphatic heterocycles. The minimum atomic E-state index is -0.206. The summed E-state index contributed by atoms with van der Waals surface area (Å²) in [6.07, 6.45) is 0.962. The Labute approximate surface area is 142 Å². The Bertz CT molecular complexity index is 654. The third-order valence-electron chi connectivity index (χ3n) is 4.02. The summed E-state index contributed by atoms with van der Waals surface area (Å²) in [6, 6.07) is 16.4. The number of nitrogens with one attached hydrogen (secondary N) is 1. The molecule has 120 valence electrons. The fraction of sp³-hybridized carbons (Fsp3) is 0.316.